The Labute approximate surface area is 203 Å². The molecular formula is C27H28N2O4S. The molecule has 2 amide bonds. The van der Waals surface area contributed by atoms with Crippen LogP contribution in [0.2, 0.25) is 0 Å². The van der Waals surface area contributed by atoms with Gasteiger partial charge in [-0.15, -0.1) is 11.3 Å². The Kier molecular flexibility index (Phi) is 6.54. The topological polar surface area (TPSA) is 59.1 Å². The first-order chi connectivity index (χ1) is 16.7. The lowest BCUT2D eigenvalue weighted by Crippen LogP contribution is -2.48. The summed E-state index contributed by atoms with van der Waals surface area (Å²) in [5.74, 6) is 1.20. The molecule has 5 rings (SSSR count). The van der Waals surface area contributed by atoms with Gasteiger partial charge >= 0.3 is 0 Å². The van der Waals surface area contributed by atoms with E-state index in [9.17, 15) is 9.59 Å². The van der Waals surface area contributed by atoms with Gasteiger partial charge in [0, 0.05) is 23.0 Å². The predicted molar refractivity (Wildman–Crippen MR) is 131 cm³/mol. The SMILES string of the molecule is COc1ccccc1OCC1c2ccsc2CCN1C(=O)CN(C(=O)c1ccccc1)C1CC1. The lowest BCUT2D eigenvalue weighted by atomic mass is 10.0. The maximum Gasteiger partial charge on any atom is 0.254 e. The lowest BCUT2D eigenvalue weighted by molar-refractivity contribution is -0.135. The average Bonchev–Trinajstić information content (AvgIpc) is 3.61. The molecule has 2 aromatic carbocycles. The van der Waals surface area contributed by atoms with Crippen molar-refractivity contribution in [2.75, 3.05) is 26.8 Å². The van der Waals surface area contributed by atoms with E-state index < -0.39 is 0 Å². The number of amides is 2. The van der Waals surface area contributed by atoms with Gasteiger partial charge in [-0.1, -0.05) is 30.3 Å². The zero-order valence-corrected chi connectivity index (χ0v) is 20.0. The van der Waals surface area contributed by atoms with Crippen molar-refractivity contribution in [3.8, 4) is 11.5 Å². The summed E-state index contributed by atoms with van der Waals surface area (Å²) in [5.41, 5.74) is 1.75. The normalized spacial score (nSPS) is 17.1. The first-order valence-corrected chi connectivity index (χ1v) is 12.5. The largest absolute Gasteiger partial charge is 0.493 e. The first kappa shape index (κ1) is 22.5. The Morgan fingerprint density at radius 3 is 2.50 bits per heavy atom. The van der Waals surface area contributed by atoms with Crippen LogP contribution in [0.15, 0.2) is 66.0 Å². The highest BCUT2D eigenvalue weighted by Gasteiger charge is 2.38. The van der Waals surface area contributed by atoms with E-state index in [4.69, 9.17) is 9.47 Å². The highest BCUT2D eigenvalue weighted by molar-refractivity contribution is 7.10. The van der Waals surface area contributed by atoms with E-state index in [-0.39, 0.29) is 30.4 Å². The van der Waals surface area contributed by atoms with Crippen LogP contribution in [0.3, 0.4) is 0 Å². The summed E-state index contributed by atoms with van der Waals surface area (Å²) < 4.78 is 11.6. The molecule has 7 heteroatoms. The van der Waals surface area contributed by atoms with Crippen molar-refractivity contribution in [1.29, 1.82) is 0 Å². The van der Waals surface area contributed by atoms with Crippen molar-refractivity contribution in [1.82, 2.24) is 9.80 Å². The van der Waals surface area contributed by atoms with Crippen molar-refractivity contribution < 1.29 is 19.1 Å². The Morgan fingerprint density at radius 1 is 1.03 bits per heavy atom. The minimum absolute atomic E-state index is 0.0401. The number of benzene rings is 2. The van der Waals surface area contributed by atoms with Gasteiger partial charge in [-0.2, -0.15) is 0 Å². The monoisotopic (exact) mass is 476 g/mol. The van der Waals surface area contributed by atoms with Crippen LogP contribution < -0.4 is 9.47 Å². The zero-order chi connectivity index (χ0) is 23.5. The molecule has 1 unspecified atom stereocenters. The lowest BCUT2D eigenvalue weighted by Gasteiger charge is -2.37. The molecule has 1 fully saturated rings. The number of nitrogens with zero attached hydrogens (tertiary/aromatic N) is 2. The van der Waals surface area contributed by atoms with E-state index in [1.165, 1.54) is 4.88 Å². The van der Waals surface area contributed by atoms with Crippen LogP contribution in [0.25, 0.3) is 0 Å². The number of carbonyl (C=O) groups excluding carboxylic acids is 2. The smallest absolute Gasteiger partial charge is 0.254 e. The second kappa shape index (κ2) is 9.89. The van der Waals surface area contributed by atoms with Crippen molar-refractivity contribution in [3.05, 3.63) is 82.0 Å². The molecular weight excluding hydrogens is 448 g/mol. The summed E-state index contributed by atoms with van der Waals surface area (Å²) >= 11 is 1.72. The van der Waals surface area contributed by atoms with Gasteiger partial charge in [0.2, 0.25) is 5.91 Å². The quantitative estimate of drug-likeness (QED) is 0.478. The molecule has 176 valence electrons. The number of methoxy groups -OCH3 is 1. The van der Waals surface area contributed by atoms with Gasteiger partial charge in [0.25, 0.3) is 5.91 Å². The molecule has 1 aliphatic carbocycles. The molecule has 1 aliphatic heterocycles. The molecule has 2 aliphatic rings. The van der Waals surface area contributed by atoms with Crippen molar-refractivity contribution >= 4 is 23.2 Å². The molecule has 6 nitrogen and oxygen atoms in total. The number of hydrogen-bond acceptors (Lipinski definition) is 5. The molecule has 1 atom stereocenters. The van der Waals surface area contributed by atoms with Crippen LogP contribution in [0.1, 0.15) is 39.7 Å². The number of fused-ring (bicyclic) bond motifs is 1. The molecule has 0 spiro atoms. The van der Waals surface area contributed by atoms with E-state index in [2.05, 4.69) is 11.4 Å². The number of thiophene rings is 1. The Balaban J connectivity index is 1.35. The maximum atomic E-state index is 13.6. The molecule has 1 saturated carbocycles. The summed E-state index contributed by atoms with van der Waals surface area (Å²) in [5, 5.41) is 2.07. The van der Waals surface area contributed by atoms with Crippen molar-refractivity contribution in [3.63, 3.8) is 0 Å². The Morgan fingerprint density at radius 2 is 1.76 bits per heavy atom. The average molecular weight is 477 g/mol. The fourth-order valence-electron chi connectivity index (χ4n) is 4.52. The number of para-hydroxylation sites is 2. The highest BCUT2D eigenvalue weighted by atomic mass is 32.1. The van der Waals surface area contributed by atoms with Gasteiger partial charge in [0.1, 0.15) is 13.2 Å². The number of rotatable bonds is 8. The number of carbonyl (C=O) groups is 2. The van der Waals surface area contributed by atoms with Gasteiger partial charge in [-0.3, -0.25) is 9.59 Å². The van der Waals surface area contributed by atoms with E-state index in [0.29, 0.717) is 30.2 Å². The van der Waals surface area contributed by atoms with Crippen molar-refractivity contribution in [2.24, 2.45) is 0 Å². The summed E-state index contributed by atoms with van der Waals surface area (Å²) in [6.45, 7) is 1.03. The minimum Gasteiger partial charge on any atom is -0.493 e. The minimum atomic E-state index is -0.208. The fourth-order valence-corrected chi connectivity index (χ4v) is 5.45. The first-order valence-electron chi connectivity index (χ1n) is 11.6. The van der Waals surface area contributed by atoms with Gasteiger partial charge < -0.3 is 19.3 Å². The summed E-state index contributed by atoms with van der Waals surface area (Å²) in [6.07, 6.45) is 2.71. The van der Waals surface area contributed by atoms with E-state index in [0.717, 1.165) is 24.8 Å². The zero-order valence-electron chi connectivity index (χ0n) is 19.2. The third-order valence-corrected chi connectivity index (χ3v) is 7.45. The van der Waals surface area contributed by atoms with Gasteiger partial charge in [0.15, 0.2) is 11.5 Å². The molecule has 2 heterocycles. The van der Waals surface area contributed by atoms with E-state index >= 15 is 0 Å². The van der Waals surface area contributed by atoms with Gasteiger partial charge in [-0.25, -0.2) is 0 Å². The molecule has 0 radical (unpaired) electrons. The van der Waals surface area contributed by atoms with Crippen LogP contribution >= 0.6 is 11.3 Å². The maximum absolute atomic E-state index is 13.6. The third-order valence-electron chi connectivity index (χ3n) is 6.46. The van der Waals surface area contributed by atoms with Crippen LogP contribution in [-0.2, 0) is 11.2 Å². The molecule has 34 heavy (non-hydrogen) atoms. The van der Waals surface area contributed by atoms with Crippen LogP contribution in [-0.4, -0.2) is 54.5 Å². The Bertz CT molecular complexity index is 1160. The summed E-state index contributed by atoms with van der Waals surface area (Å²) in [6, 6.07) is 18.8. The molecule has 0 bridgehead atoms. The molecule has 3 aromatic rings. The second-order valence-corrected chi connectivity index (χ2v) is 9.64. The molecule has 1 aromatic heterocycles. The van der Waals surface area contributed by atoms with Crippen LogP contribution in [0.5, 0.6) is 11.5 Å². The highest BCUT2D eigenvalue weighted by Crippen LogP contribution is 2.36. The molecule has 0 saturated heterocycles. The third kappa shape index (κ3) is 4.66. The second-order valence-electron chi connectivity index (χ2n) is 8.64. The number of hydrogen-bond donors (Lipinski definition) is 0. The van der Waals surface area contributed by atoms with Crippen molar-refractivity contribution in [2.45, 2.75) is 31.3 Å². The summed E-state index contributed by atoms with van der Waals surface area (Å²) in [4.78, 5) is 31.7. The predicted octanol–water partition coefficient (Wildman–Crippen LogP) is 4.57. The standard InChI is InChI=1S/C27H28N2O4S/c1-32-23-9-5-6-10-24(23)33-18-22-21-14-16-34-25(21)13-15-28(22)26(30)17-29(20-11-12-20)27(31)19-7-3-2-4-8-19/h2-10,14,16,20,22H,11-13,15,17-18H2,1H3. The Hall–Kier alpha value is -3.32. The number of ether oxygens (including phenoxy) is 2. The van der Waals surface area contributed by atoms with Gasteiger partial charge in [0.05, 0.1) is 13.2 Å². The van der Waals surface area contributed by atoms with E-state index in [1.54, 1.807) is 23.3 Å². The van der Waals surface area contributed by atoms with Gasteiger partial charge in [-0.05, 0) is 60.5 Å². The molecule has 0 N–H and O–H groups in total. The summed E-state index contributed by atoms with van der Waals surface area (Å²) in [7, 11) is 1.62. The van der Waals surface area contributed by atoms with E-state index in [1.807, 2.05) is 59.5 Å². The van der Waals surface area contributed by atoms with Crippen LogP contribution in [0.4, 0.5) is 0 Å². The van der Waals surface area contributed by atoms with Crippen LogP contribution in [0, 0.1) is 0 Å². The fraction of sp³-hybridized carbons (Fsp3) is 0.333.